The first-order valence-corrected chi connectivity index (χ1v) is 7.99. The number of rotatable bonds is 7. The summed E-state index contributed by atoms with van der Waals surface area (Å²) in [5.74, 6) is -0.517. The molecule has 0 fully saturated rings. The Kier molecular flexibility index (Phi) is 5.62. The maximum absolute atomic E-state index is 12.4. The number of carbonyl (C=O) groups excluding carboxylic acids is 2. The molecule has 1 amide bonds. The van der Waals surface area contributed by atoms with Crippen molar-refractivity contribution in [2.24, 2.45) is 0 Å². The van der Waals surface area contributed by atoms with E-state index in [1.54, 1.807) is 17.0 Å². The summed E-state index contributed by atoms with van der Waals surface area (Å²) in [6.45, 7) is 4.90. The molecule has 1 aliphatic rings. The van der Waals surface area contributed by atoms with Crippen molar-refractivity contribution in [1.29, 1.82) is 0 Å². The second-order valence-corrected chi connectivity index (χ2v) is 6.02. The number of carbonyl (C=O) groups is 2. The molecule has 0 radical (unpaired) electrons. The van der Waals surface area contributed by atoms with Gasteiger partial charge in [-0.3, -0.25) is 9.59 Å². The Hall–Kier alpha value is -2.34. The molecule has 0 bridgehead atoms. The molecule has 6 nitrogen and oxygen atoms in total. The molecule has 0 aromatic heterocycles. The van der Waals surface area contributed by atoms with E-state index < -0.39 is 17.7 Å². The second-order valence-electron chi connectivity index (χ2n) is 6.02. The summed E-state index contributed by atoms with van der Waals surface area (Å²) in [5.41, 5.74) is 0.933. The van der Waals surface area contributed by atoms with Crippen molar-refractivity contribution in [3.8, 4) is 5.75 Å². The van der Waals surface area contributed by atoms with Crippen LogP contribution in [0.1, 0.15) is 25.5 Å². The average Bonchev–Trinajstić information content (AvgIpc) is 2.78. The lowest BCUT2D eigenvalue weighted by Gasteiger charge is -2.27. The van der Waals surface area contributed by atoms with Gasteiger partial charge in [-0.25, -0.2) is 0 Å². The normalized spacial score (nSPS) is 17.8. The minimum absolute atomic E-state index is 0.155. The van der Waals surface area contributed by atoms with Gasteiger partial charge in [-0.05, 0) is 45.6 Å². The van der Waals surface area contributed by atoms with Crippen LogP contribution in [0.4, 0.5) is 0 Å². The Morgan fingerprint density at radius 1 is 1.29 bits per heavy atom. The lowest BCUT2D eigenvalue weighted by atomic mass is 9.96. The topological polar surface area (TPSA) is 70.1 Å². The van der Waals surface area contributed by atoms with Gasteiger partial charge in [0.25, 0.3) is 5.91 Å². The molecule has 1 aromatic rings. The fourth-order valence-corrected chi connectivity index (χ4v) is 2.81. The monoisotopic (exact) mass is 332 g/mol. The molecule has 24 heavy (non-hydrogen) atoms. The molecule has 0 saturated carbocycles. The standard InChI is InChI=1S/C18H24N2O4/c1-5-24-14-8-6-13(7-9-14)16-15(12(2)21)17(22)18(23)20(16)11-10-19(3)4/h6-9,16,22H,5,10-11H2,1-4H3/t16-/m0/s1. The van der Waals surface area contributed by atoms with Crippen LogP contribution in [0.15, 0.2) is 35.6 Å². The first kappa shape index (κ1) is 18.0. The summed E-state index contributed by atoms with van der Waals surface area (Å²) in [4.78, 5) is 27.9. The van der Waals surface area contributed by atoms with E-state index in [1.807, 2.05) is 38.1 Å². The first-order chi connectivity index (χ1) is 11.4. The van der Waals surface area contributed by atoms with E-state index >= 15 is 0 Å². The first-order valence-electron chi connectivity index (χ1n) is 7.99. The van der Waals surface area contributed by atoms with Gasteiger partial charge in [0.1, 0.15) is 5.75 Å². The van der Waals surface area contributed by atoms with E-state index in [2.05, 4.69) is 0 Å². The van der Waals surface area contributed by atoms with E-state index in [0.717, 1.165) is 11.3 Å². The Bertz CT molecular complexity index is 649. The second kappa shape index (κ2) is 7.49. The number of hydrogen-bond acceptors (Lipinski definition) is 5. The molecule has 1 heterocycles. The average molecular weight is 332 g/mol. The number of aliphatic hydroxyl groups is 1. The van der Waals surface area contributed by atoms with E-state index in [4.69, 9.17) is 4.74 Å². The number of ketones is 1. The number of amides is 1. The molecule has 1 aliphatic heterocycles. The van der Waals surface area contributed by atoms with Gasteiger partial charge in [0, 0.05) is 13.1 Å². The van der Waals surface area contributed by atoms with Gasteiger partial charge in [0.15, 0.2) is 11.5 Å². The fourth-order valence-electron chi connectivity index (χ4n) is 2.81. The van der Waals surface area contributed by atoms with Gasteiger partial charge < -0.3 is 19.6 Å². The SMILES string of the molecule is CCOc1ccc([C@H]2C(C(C)=O)=C(O)C(=O)N2CCN(C)C)cc1. The zero-order valence-corrected chi connectivity index (χ0v) is 14.6. The van der Waals surface area contributed by atoms with E-state index in [1.165, 1.54) is 6.92 Å². The molecular weight excluding hydrogens is 308 g/mol. The number of likely N-dealkylation sites (N-methyl/N-ethyl adjacent to an activating group) is 1. The minimum Gasteiger partial charge on any atom is -0.503 e. The van der Waals surface area contributed by atoms with Crippen LogP contribution in [0.5, 0.6) is 5.75 Å². The Morgan fingerprint density at radius 2 is 1.92 bits per heavy atom. The predicted octanol–water partition coefficient (Wildman–Crippen LogP) is 1.93. The van der Waals surface area contributed by atoms with Crippen LogP contribution >= 0.6 is 0 Å². The van der Waals surface area contributed by atoms with Gasteiger partial charge in [-0.15, -0.1) is 0 Å². The molecule has 1 aromatic carbocycles. The summed E-state index contributed by atoms with van der Waals surface area (Å²) in [6.07, 6.45) is 0. The molecule has 0 saturated heterocycles. The largest absolute Gasteiger partial charge is 0.503 e. The van der Waals surface area contributed by atoms with Crippen LogP contribution in [0.2, 0.25) is 0 Å². The smallest absolute Gasteiger partial charge is 0.290 e. The molecule has 0 aliphatic carbocycles. The highest BCUT2D eigenvalue weighted by Crippen LogP contribution is 2.37. The van der Waals surface area contributed by atoms with Crippen LogP contribution in [0, 0.1) is 0 Å². The summed E-state index contributed by atoms with van der Waals surface area (Å²) in [5, 5.41) is 10.2. The zero-order valence-electron chi connectivity index (χ0n) is 14.6. The zero-order chi connectivity index (χ0) is 17.9. The minimum atomic E-state index is -0.564. The van der Waals surface area contributed by atoms with Crippen molar-refractivity contribution in [1.82, 2.24) is 9.80 Å². The van der Waals surface area contributed by atoms with Crippen molar-refractivity contribution >= 4 is 11.7 Å². The number of Topliss-reactive ketones (excluding diaryl/α,β-unsaturated/α-hetero) is 1. The Balaban J connectivity index is 2.38. The molecule has 6 heteroatoms. The molecular formula is C18H24N2O4. The molecule has 130 valence electrons. The number of hydrogen-bond donors (Lipinski definition) is 1. The molecule has 0 spiro atoms. The number of aliphatic hydroxyl groups excluding tert-OH is 1. The quantitative estimate of drug-likeness (QED) is 0.826. The van der Waals surface area contributed by atoms with Crippen molar-refractivity contribution in [2.75, 3.05) is 33.8 Å². The maximum atomic E-state index is 12.4. The number of benzene rings is 1. The highest BCUT2D eigenvalue weighted by molar-refractivity contribution is 6.08. The van der Waals surface area contributed by atoms with Crippen LogP contribution in [0.3, 0.4) is 0 Å². The Morgan fingerprint density at radius 3 is 2.42 bits per heavy atom. The summed E-state index contributed by atoms with van der Waals surface area (Å²) >= 11 is 0. The van der Waals surface area contributed by atoms with Crippen molar-refractivity contribution in [3.05, 3.63) is 41.2 Å². The lowest BCUT2D eigenvalue weighted by molar-refractivity contribution is -0.129. The summed E-state index contributed by atoms with van der Waals surface area (Å²) in [7, 11) is 3.82. The van der Waals surface area contributed by atoms with Crippen LogP contribution in [0.25, 0.3) is 0 Å². The number of nitrogens with zero attached hydrogens (tertiary/aromatic N) is 2. The van der Waals surface area contributed by atoms with Crippen LogP contribution in [-0.4, -0.2) is 60.4 Å². The van der Waals surface area contributed by atoms with Crippen LogP contribution < -0.4 is 4.74 Å². The third-order valence-corrected chi connectivity index (χ3v) is 3.98. The maximum Gasteiger partial charge on any atom is 0.290 e. The van der Waals surface area contributed by atoms with Crippen LogP contribution in [-0.2, 0) is 9.59 Å². The summed E-state index contributed by atoms with van der Waals surface area (Å²) < 4.78 is 5.43. The van der Waals surface area contributed by atoms with Crippen molar-refractivity contribution in [3.63, 3.8) is 0 Å². The highest BCUT2D eigenvalue weighted by atomic mass is 16.5. The molecule has 2 rings (SSSR count). The molecule has 1 N–H and O–H groups in total. The highest BCUT2D eigenvalue weighted by Gasteiger charge is 2.42. The van der Waals surface area contributed by atoms with Gasteiger partial charge in [0.05, 0.1) is 18.2 Å². The Labute approximate surface area is 142 Å². The third kappa shape index (κ3) is 3.59. The van der Waals surface area contributed by atoms with Crippen molar-refractivity contribution in [2.45, 2.75) is 19.9 Å². The summed E-state index contributed by atoms with van der Waals surface area (Å²) in [6, 6.07) is 6.70. The number of ether oxygens (including phenoxy) is 1. The third-order valence-electron chi connectivity index (χ3n) is 3.98. The van der Waals surface area contributed by atoms with Gasteiger partial charge >= 0.3 is 0 Å². The fraction of sp³-hybridized carbons (Fsp3) is 0.444. The predicted molar refractivity (Wildman–Crippen MR) is 91.0 cm³/mol. The van der Waals surface area contributed by atoms with Gasteiger partial charge in [0.2, 0.25) is 0 Å². The van der Waals surface area contributed by atoms with Gasteiger partial charge in [-0.2, -0.15) is 0 Å². The van der Waals surface area contributed by atoms with Gasteiger partial charge in [-0.1, -0.05) is 12.1 Å². The van der Waals surface area contributed by atoms with E-state index in [9.17, 15) is 14.7 Å². The van der Waals surface area contributed by atoms with E-state index in [0.29, 0.717) is 19.7 Å². The lowest BCUT2D eigenvalue weighted by Crippen LogP contribution is -2.36. The molecule has 0 unspecified atom stereocenters. The van der Waals surface area contributed by atoms with Crippen molar-refractivity contribution < 1.29 is 19.4 Å². The molecule has 1 atom stereocenters. The van der Waals surface area contributed by atoms with E-state index in [-0.39, 0.29) is 11.4 Å².